The van der Waals surface area contributed by atoms with Crippen LogP contribution in [-0.4, -0.2) is 17.6 Å². The first-order valence-electron chi connectivity index (χ1n) is 3.83. The van der Waals surface area contributed by atoms with Gasteiger partial charge in [-0.1, -0.05) is 15.9 Å². The molecule has 0 aromatic carbocycles. The van der Waals surface area contributed by atoms with Crippen molar-refractivity contribution in [2.24, 2.45) is 0 Å². The minimum Gasteiger partial charge on any atom is -0.400 e. The van der Waals surface area contributed by atoms with Crippen molar-refractivity contribution >= 4 is 22.2 Å². The molecule has 0 aliphatic heterocycles. The number of hydrogen-bond acceptors (Lipinski definition) is 3. The van der Waals surface area contributed by atoms with Gasteiger partial charge < -0.3 is 4.74 Å². The van der Waals surface area contributed by atoms with Crippen LogP contribution < -0.4 is 4.74 Å². The molecule has 0 saturated heterocycles. The summed E-state index contributed by atoms with van der Waals surface area (Å²) >= 11 is 2.93. The number of aldehydes is 1. The average molecular weight is 302 g/mol. The third kappa shape index (κ3) is 2.91. The highest BCUT2D eigenvalue weighted by Gasteiger charge is 2.34. The predicted octanol–water partition coefficient (Wildman–Crippen LogP) is 2.83. The highest BCUT2D eigenvalue weighted by Crippen LogP contribution is 2.29. The third-order valence-electron chi connectivity index (χ3n) is 1.59. The molecule has 3 nitrogen and oxygen atoms in total. The Labute approximate surface area is 95.6 Å². The molecular formula is C8H4BrF4NO2. The second kappa shape index (κ2) is 4.77. The molecule has 0 aliphatic carbocycles. The van der Waals surface area contributed by atoms with Gasteiger partial charge in [-0.25, -0.2) is 4.98 Å². The van der Waals surface area contributed by atoms with E-state index in [1.807, 2.05) is 0 Å². The van der Waals surface area contributed by atoms with Gasteiger partial charge >= 0.3 is 6.36 Å². The molecule has 16 heavy (non-hydrogen) atoms. The largest absolute Gasteiger partial charge is 0.573 e. The zero-order chi connectivity index (χ0) is 12.3. The van der Waals surface area contributed by atoms with Crippen molar-refractivity contribution in [3.8, 4) is 5.75 Å². The van der Waals surface area contributed by atoms with Gasteiger partial charge in [-0.2, -0.15) is 4.39 Å². The van der Waals surface area contributed by atoms with Crippen LogP contribution in [0.3, 0.4) is 0 Å². The van der Waals surface area contributed by atoms with Crippen LogP contribution in [0.4, 0.5) is 17.6 Å². The third-order valence-corrected chi connectivity index (χ3v) is 2.20. The van der Waals surface area contributed by atoms with E-state index >= 15 is 0 Å². The number of alkyl halides is 4. The minimum atomic E-state index is -5.08. The number of aromatic nitrogens is 1. The molecule has 0 bridgehead atoms. The highest BCUT2D eigenvalue weighted by molar-refractivity contribution is 9.08. The Balaban J connectivity index is 3.29. The second-order valence-corrected chi connectivity index (χ2v) is 3.18. The quantitative estimate of drug-likeness (QED) is 0.373. The van der Waals surface area contributed by atoms with Crippen molar-refractivity contribution in [2.45, 2.75) is 11.7 Å². The van der Waals surface area contributed by atoms with Crippen molar-refractivity contribution in [1.82, 2.24) is 4.98 Å². The summed E-state index contributed by atoms with van der Waals surface area (Å²) < 4.78 is 52.2. The summed E-state index contributed by atoms with van der Waals surface area (Å²) in [5.74, 6) is -2.69. The summed E-state index contributed by atoms with van der Waals surface area (Å²) in [6.07, 6.45) is -4.04. The van der Waals surface area contributed by atoms with E-state index in [4.69, 9.17) is 0 Å². The van der Waals surface area contributed by atoms with E-state index in [2.05, 4.69) is 25.7 Å². The van der Waals surface area contributed by atoms with Gasteiger partial charge in [0.1, 0.15) is 0 Å². The van der Waals surface area contributed by atoms with Gasteiger partial charge in [0.2, 0.25) is 0 Å². The zero-order valence-corrected chi connectivity index (χ0v) is 9.10. The molecule has 88 valence electrons. The van der Waals surface area contributed by atoms with Crippen molar-refractivity contribution in [2.75, 3.05) is 0 Å². The fourth-order valence-corrected chi connectivity index (χ4v) is 1.42. The number of ether oxygens (including phenoxy) is 1. The molecule has 0 amide bonds. The number of nitrogens with zero attached hydrogens (tertiary/aromatic N) is 1. The van der Waals surface area contributed by atoms with E-state index in [1.165, 1.54) is 0 Å². The van der Waals surface area contributed by atoms with Crippen molar-refractivity contribution in [3.63, 3.8) is 0 Å². The smallest absolute Gasteiger partial charge is 0.400 e. The molecule has 0 radical (unpaired) electrons. The lowest BCUT2D eigenvalue weighted by Gasteiger charge is -2.12. The summed E-state index contributed by atoms with van der Waals surface area (Å²) in [4.78, 5) is 13.6. The summed E-state index contributed by atoms with van der Waals surface area (Å²) in [7, 11) is 0. The van der Waals surface area contributed by atoms with E-state index in [9.17, 15) is 22.4 Å². The molecular weight excluding hydrogens is 298 g/mol. The molecule has 8 heteroatoms. The second-order valence-electron chi connectivity index (χ2n) is 2.62. The summed E-state index contributed by atoms with van der Waals surface area (Å²) in [6, 6.07) is 0. The highest BCUT2D eigenvalue weighted by atomic mass is 79.9. The lowest BCUT2D eigenvalue weighted by Crippen LogP contribution is -2.20. The van der Waals surface area contributed by atoms with Gasteiger partial charge in [0.15, 0.2) is 12.0 Å². The van der Waals surface area contributed by atoms with Crippen LogP contribution >= 0.6 is 15.9 Å². The fraction of sp³-hybridized carbons (Fsp3) is 0.250. The van der Waals surface area contributed by atoms with Gasteiger partial charge in [0.05, 0.1) is 5.56 Å². The van der Waals surface area contributed by atoms with E-state index in [1.54, 1.807) is 0 Å². The lowest BCUT2D eigenvalue weighted by atomic mass is 10.1. The molecule has 0 aliphatic rings. The monoisotopic (exact) mass is 301 g/mol. The molecule has 1 aromatic heterocycles. The average Bonchev–Trinajstić information content (AvgIpc) is 2.19. The molecule has 0 fully saturated rings. The Morgan fingerprint density at radius 3 is 2.56 bits per heavy atom. The van der Waals surface area contributed by atoms with Crippen LogP contribution in [0.25, 0.3) is 0 Å². The summed E-state index contributed by atoms with van der Waals surface area (Å²) in [5, 5.41) is 0.0581. The van der Waals surface area contributed by atoms with Gasteiger partial charge in [-0.05, 0) is 5.56 Å². The first kappa shape index (κ1) is 12.9. The predicted molar refractivity (Wildman–Crippen MR) is 48.9 cm³/mol. The Hall–Kier alpha value is -1.18. The van der Waals surface area contributed by atoms with Crippen LogP contribution in [0.15, 0.2) is 6.20 Å². The lowest BCUT2D eigenvalue weighted by molar-refractivity contribution is -0.275. The molecule has 1 rings (SSSR count). The molecule has 0 N–H and O–H groups in total. The van der Waals surface area contributed by atoms with Crippen molar-refractivity contribution in [1.29, 1.82) is 0 Å². The van der Waals surface area contributed by atoms with Gasteiger partial charge in [-0.15, -0.1) is 13.2 Å². The molecule has 0 spiro atoms. The molecule has 0 unspecified atom stereocenters. The molecule has 0 atom stereocenters. The fourth-order valence-electron chi connectivity index (χ4n) is 0.968. The van der Waals surface area contributed by atoms with E-state index < -0.39 is 23.6 Å². The first-order chi connectivity index (χ1) is 7.39. The maximum Gasteiger partial charge on any atom is 0.573 e. The number of pyridine rings is 1. The van der Waals surface area contributed by atoms with Crippen molar-refractivity contribution < 1.29 is 27.1 Å². The minimum absolute atomic E-state index is 0.0581. The summed E-state index contributed by atoms with van der Waals surface area (Å²) in [5.41, 5.74) is -0.405. The maximum absolute atomic E-state index is 13.0. The zero-order valence-electron chi connectivity index (χ0n) is 7.52. The first-order valence-corrected chi connectivity index (χ1v) is 4.95. The Morgan fingerprint density at radius 1 is 1.50 bits per heavy atom. The van der Waals surface area contributed by atoms with E-state index in [0.717, 1.165) is 6.20 Å². The van der Waals surface area contributed by atoms with E-state index in [-0.39, 0.29) is 17.2 Å². The SMILES string of the molecule is O=Cc1c(CBr)cnc(F)c1OC(F)(F)F. The van der Waals surface area contributed by atoms with Gasteiger partial charge in [0, 0.05) is 11.5 Å². The Morgan fingerprint density at radius 2 is 2.12 bits per heavy atom. The topological polar surface area (TPSA) is 39.2 Å². The number of carbonyl (C=O) groups is 1. The van der Waals surface area contributed by atoms with Crippen molar-refractivity contribution in [3.05, 3.63) is 23.3 Å². The Kier molecular flexibility index (Phi) is 3.84. The molecule has 1 aromatic rings. The molecule has 1 heterocycles. The van der Waals surface area contributed by atoms with Crippen LogP contribution in [-0.2, 0) is 5.33 Å². The van der Waals surface area contributed by atoms with Gasteiger partial charge in [0.25, 0.3) is 5.95 Å². The number of hydrogen-bond donors (Lipinski definition) is 0. The number of rotatable bonds is 3. The molecule has 0 saturated carbocycles. The summed E-state index contributed by atoms with van der Waals surface area (Å²) in [6.45, 7) is 0. The van der Waals surface area contributed by atoms with Crippen LogP contribution in [0.5, 0.6) is 5.75 Å². The maximum atomic E-state index is 13.0. The Bertz CT molecular complexity index is 408. The van der Waals surface area contributed by atoms with E-state index in [0.29, 0.717) is 0 Å². The van der Waals surface area contributed by atoms with Crippen LogP contribution in [0.1, 0.15) is 15.9 Å². The number of halogens is 5. The van der Waals surface area contributed by atoms with Crippen LogP contribution in [0, 0.1) is 5.95 Å². The van der Waals surface area contributed by atoms with Gasteiger partial charge in [-0.3, -0.25) is 4.79 Å². The number of carbonyl (C=O) groups excluding carboxylic acids is 1. The normalized spacial score (nSPS) is 11.3. The van der Waals surface area contributed by atoms with Crippen LogP contribution in [0.2, 0.25) is 0 Å². The standard InChI is InChI=1S/C8H4BrF4NO2/c9-1-4-2-14-7(10)6(5(4)3-15)16-8(11,12)13/h2-3H,1H2.